The van der Waals surface area contributed by atoms with Crippen molar-refractivity contribution in [2.24, 2.45) is 0 Å². The second kappa shape index (κ2) is 10.9. The van der Waals surface area contributed by atoms with Gasteiger partial charge in [0.1, 0.15) is 17.5 Å². The van der Waals surface area contributed by atoms with Crippen LogP contribution in [-0.2, 0) is 6.42 Å². The number of aromatic nitrogens is 2. The molecule has 8 heteroatoms. The lowest BCUT2D eigenvalue weighted by Crippen LogP contribution is -2.38. The van der Waals surface area contributed by atoms with Crippen LogP contribution in [0.25, 0.3) is 5.69 Å². The van der Waals surface area contributed by atoms with E-state index in [0.717, 1.165) is 23.1 Å². The van der Waals surface area contributed by atoms with Gasteiger partial charge in [0.05, 0.1) is 5.69 Å². The number of hydrogen-bond donors (Lipinski definition) is 1. The maximum Gasteiger partial charge on any atom is 0.254 e. The van der Waals surface area contributed by atoms with Gasteiger partial charge < -0.3 is 10.2 Å². The number of nitrogens with zero attached hydrogens (tertiary/aromatic N) is 4. The zero-order valence-electron chi connectivity index (χ0n) is 20.9. The van der Waals surface area contributed by atoms with Crippen LogP contribution in [0.4, 0.5) is 5.82 Å². The molecule has 0 radical (unpaired) electrons. The molecule has 0 saturated heterocycles. The lowest BCUT2D eigenvalue weighted by molar-refractivity contribution is 0.0739. The van der Waals surface area contributed by atoms with Crippen LogP contribution in [0.5, 0.6) is 0 Å². The maximum atomic E-state index is 13.3. The minimum atomic E-state index is -0.324. The molecule has 0 unspecified atom stereocenters. The Balaban J connectivity index is 1.38. The van der Waals surface area contributed by atoms with E-state index in [0.29, 0.717) is 48.1 Å². The van der Waals surface area contributed by atoms with Crippen molar-refractivity contribution < 1.29 is 9.59 Å². The predicted octanol–water partition coefficient (Wildman–Crippen LogP) is 5.44. The summed E-state index contributed by atoms with van der Waals surface area (Å²) in [6.07, 6.45) is 1.49. The van der Waals surface area contributed by atoms with Crippen molar-refractivity contribution in [1.82, 2.24) is 14.7 Å². The quantitative estimate of drug-likeness (QED) is 0.245. The van der Waals surface area contributed by atoms with Crippen LogP contribution in [0.1, 0.15) is 49.5 Å². The fraction of sp³-hybridized carbons (Fsp3) is 0.200. The number of hydrogen-bond acceptors (Lipinski definition) is 5. The van der Waals surface area contributed by atoms with Gasteiger partial charge >= 0.3 is 0 Å². The Kier molecular flexibility index (Phi) is 7.25. The van der Waals surface area contributed by atoms with E-state index in [1.165, 1.54) is 0 Å². The van der Waals surface area contributed by atoms with E-state index < -0.39 is 0 Å². The molecule has 4 aromatic rings. The van der Waals surface area contributed by atoms with E-state index in [2.05, 4.69) is 16.5 Å². The standard InChI is InChI=1S/C30H26ClN5O2/c1-20-7-9-22(10-8-20)28(37)27-26(19-32)29(36(34-27)24-13-11-23(31)12-14-24)33-16-4-17-35-18-15-21-5-2-3-6-25(21)30(35)38/h2-3,5-14,33H,4,15-18H2,1H3. The number of fused-ring (bicyclic) bond motifs is 1. The van der Waals surface area contributed by atoms with E-state index in [-0.39, 0.29) is 22.9 Å². The molecule has 1 aromatic heterocycles. The number of carbonyl (C=O) groups is 2. The van der Waals surface area contributed by atoms with Crippen molar-refractivity contribution in [3.63, 3.8) is 0 Å². The Bertz CT molecular complexity index is 1530. The van der Waals surface area contributed by atoms with Gasteiger partial charge in [-0.15, -0.1) is 0 Å². The molecule has 2 heterocycles. The fourth-order valence-electron chi connectivity index (χ4n) is 4.62. The Morgan fingerprint density at radius 1 is 1.08 bits per heavy atom. The Hall–Kier alpha value is -4.41. The van der Waals surface area contributed by atoms with Crippen LogP contribution in [0, 0.1) is 18.3 Å². The average molecular weight is 524 g/mol. The summed E-state index contributed by atoms with van der Waals surface area (Å²) >= 11 is 6.08. The van der Waals surface area contributed by atoms with E-state index in [4.69, 9.17) is 11.6 Å². The van der Waals surface area contributed by atoms with E-state index >= 15 is 0 Å². The summed E-state index contributed by atoms with van der Waals surface area (Å²) in [6.45, 7) is 3.68. The second-order valence-corrected chi connectivity index (χ2v) is 9.68. The average Bonchev–Trinajstić information content (AvgIpc) is 3.31. The molecule has 0 spiro atoms. The van der Waals surface area contributed by atoms with Crippen LogP contribution < -0.4 is 5.32 Å². The summed E-state index contributed by atoms with van der Waals surface area (Å²) in [4.78, 5) is 28.1. The topological polar surface area (TPSA) is 91.0 Å². The number of amides is 1. The predicted molar refractivity (Wildman–Crippen MR) is 147 cm³/mol. The first-order valence-electron chi connectivity index (χ1n) is 12.5. The van der Waals surface area contributed by atoms with Crippen molar-refractivity contribution >= 4 is 29.1 Å². The highest BCUT2D eigenvalue weighted by atomic mass is 35.5. The van der Waals surface area contributed by atoms with Crippen molar-refractivity contribution in [3.8, 4) is 11.8 Å². The molecule has 1 amide bonds. The van der Waals surface area contributed by atoms with Gasteiger partial charge in [-0.25, -0.2) is 4.68 Å². The van der Waals surface area contributed by atoms with Crippen molar-refractivity contribution in [2.75, 3.05) is 25.0 Å². The van der Waals surface area contributed by atoms with Gasteiger partial charge in [-0.2, -0.15) is 10.4 Å². The van der Waals surface area contributed by atoms with E-state index in [1.54, 1.807) is 41.1 Å². The third-order valence-electron chi connectivity index (χ3n) is 6.68. The number of nitriles is 1. The first kappa shape index (κ1) is 25.2. The molecule has 5 rings (SSSR count). The number of ketones is 1. The minimum absolute atomic E-state index is 0.0433. The molecule has 0 atom stereocenters. The first-order chi connectivity index (χ1) is 18.5. The highest BCUT2D eigenvalue weighted by Gasteiger charge is 2.26. The molecule has 0 fully saturated rings. The maximum absolute atomic E-state index is 13.3. The first-order valence-corrected chi connectivity index (χ1v) is 12.9. The third kappa shape index (κ3) is 5.04. The molecule has 0 aliphatic carbocycles. The number of rotatable bonds is 8. The lowest BCUT2D eigenvalue weighted by Gasteiger charge is -2.28. The molecule has 0 bridgehead atoms. The molecule has 1 aliphatic heterocycles. The third-order valence-corrected chi connectivity index (χ3v) is 6.93. The van der Waals surface area contributed by atoms with Crippen LogP contribution >= 0.6 is 11.6 Å². The number of benzene rings is 3. The van der Waals surface area contributed by atoms with Crippen LogP contribution in [0.2, 0.25) is 5.02 Å². The van der Waals surface area contributed by atoms with E-state index in [9.17, 15) is 14.9 Å². The SMILES string of the molecule is Cc1ccc(C(=O)c2nn(-c3ccc(Cl)cc3)c(NCCCN3CCc4ccccc4C3=O)c2C#N)cc1. The van der Waals surface area contributed by atoms with Gasteiger partial charge in [-0.3, -0.25) is 9.59 Å². The monoisotopic (exact) mass is 523 g/mol. The van der Waals surface area contributed by atoms with E-state index in [1.807, 2.05) is 48.2 Å². The normalized spacial score (nSPS) is 12.7. The minimum Gasteiger partial charge on any atom is -0.369 e. The molecule has 190 valence electrons. The second-order valence-electron chi connectivity index (χ2n) is 9.25. The highest BCUT2D eigenvalue weighted by Crippen LogP contribution is 2.27. The summed E-state index contributed by atoms with van der Waals surface area (Å²) in [6, 6.07) is 24.1. The summed E-state index contributed by atoms with van der Waals surface area (Å²) in [7, 11) is 0. The Morgan fingerprint density at radius 3 is 2.55 bits per heavy atom. The molecule has 1 N–H and O–H groups in total. The summed E-state index contributed by atoms with van der Waals surface area (Å²) in [5.74, 6) is 0.150. The molecular formula is C30H26ClN5O2. The molecule has 0 saturated carbocycles. The number of nitrogens with one attached hydrogen (secondary N) is 1. The smallest absolute Gasteiger partial charge is 0.254 e. The largest absolute Gasteiger partial charge is 0.369 e. The van der Waals surface area contributed by atoms with Crippen molar-refractivity contribution in [2.45, 2.75) is 19.8 Å². The highest BCUT2D eigenvalue weighted by molar-refractivity contribution is 6.30. The van der Waals surface area contributed by atoms with Crippen molar-refractivity contribution in [1.29, 1.82) is 5.26 Å². The molecule has 3 aromatic carbocycles. The number of halogens is 1. The lowest BCUT2D eigenvalue weighted by atomic mass is 9.99. The fourth-order valence-corrected chi connectivity index (χ4v) is 4.75. The van der Waals surface area contributed by atoms with Gasteiger partial charge in [-0.05, 0) is 55.7 Å². The van der Waals surface area contributed by atoms with Gasteiger partial charge in [0.15, 0.2) is 5.69 Å². The summed E-state index contributed by atoms with van der Waals surface area (Å²) in [5.41, 5.74) is 4.26. The molecule has 38 heavy (non-hydrogen) atoms. The molecule has 7 nitrogen and oxygen atoms in total. The Morgan fingerprint density at radius 2 is 1.82 bits per heavy atom. The number of aryl methyl sites for hydroxylation is 1. The van der Waals surface area contributed by atoms with Crippen LogP contribution in [0.15, 0.2) is 72.8 Å². The summed E-state index contributed by atoms with van der Waals surface area (Å²) in [5, 5.41) is 18.5. The zero-order valence-corrected chi connectivity index (χ0v) is 21.7. The van der Waals surface area contributed by atoms with Gasteiger partial charge in [0.25, 0.3) is 5.91 Å². The molecular weight excluding hydrogens is 498 g/mol. The zero-order chi connectivity index (χ0) is 26.6. The van der Waals surface area contributed by atoms with Crippen LogP contribution in [0.3, 0.4) is 0 Å². The van der Waals surface area contributed by atoms with Crippen LogP contribution in [-0.4, -0.2) is 46.0 Å². The van der Waals surface area contributed by atoms with Gasteiger partial charge in [-0.1, -0.05) is 59.6 Å². The van der Waals surface area contributed by atoms with Crippen molar-refractivity contribution in [3.05, 3.63) is 111 Å². The van der Waals surface area contributed by atoms with Gasteiger partial charge in [0, 0.05) is 35.8 Å². The summed E-state index contributed by atoms with van der Waals surface area (Å²) < 4.78 is 1.57. The number of carbonyl (C=O) groups excluding carboxylic acids is 2. The molecule has 1 aliphatic rings. The van der Waals surface area contributed by atoms with Gasteiger partial charge in [0.2, 0.25) is 5.78 Å². The number of anilines is 1. The Labute approximate surface area is 226 Å².